The number of carbonyl (C=O) groups is 1. The van der Waals surface area contributed by atoms with Crippen LogP contribution in [0.4, 0.5) is 11.4 Å². The minimum atomic E-state index is -0.643. The molecule has 0 unspecified atom stereocenters. The highest BCUT2D eigenvalue weighted by atomic mass is 16.6. The summed E-state index contributed by atoms with van der Waals surface area (Å²) in [5.41, 5.74) is 1.72. The zero-order chi connectivity index (χ0) is 15.6. The molecule has 1 amide bonds. The third-order valence-corrected chi connectivity index (χ3v) is 3.01. The summed E-state index contributed by atoms with van der Waals surface area (Å²) in [7, 11) is 0. The Morgan fingerprint density at radius 1 is 1.43 bits per heavy atom. The van der Waals surface area contributed by atoms with Crippen LogP contribution in [-0.4, -0.2) is 32.3 Å². The number of carbonyl (C=O) groups excluding carboxylic acids is 1. The number of amides is 1. The van der Waals surface area contributed by atoms with Crippen LogP contribution in [0.1, 0.15) is 11.4 Å². The van der Waals surface area contributed by atoms with Crippen molar-refractivity contribution in [3.05, 3.63) is 45.8 Å². The number of nitro groups is 1. The van der Waals surface area contributed by atoms with E-state index in [0.29, 0.717) is 22.8 Å². The number of aryl methyl sites for hydroxylation is 1. The highest BCUT2D eigenvalue weighted by molar-refractivity contribution is 5.92. The lowest BCUT2D eigenvalue weighted by Gasteiger charge is -2.06. The third kappa shape index (κ3) is 2.75. The molecule has 0 aliphatic carbocycles. The number of rotatable bonds is 4. The molecular formula is C13H14N4O4. The average Bonchev–Trinajstić information content (AvgIpc) is 2.75. The molecule has 1 aromatic carbocycles. The molecule has 0 aliphatic heterocycles. The average molecular weight is 290 g/mol. The van der Waals surface area contributed by atoms with E-state index in [0.717, 1.165) is 0 Å². The summed E-state index contributed by atoms with van der Waals surface area (Å²) in [5, 5.41) is 26.6. The van der Waals surface area contributed by atoms with E-state index in [1.165, 1.54) is 10.7 Å². The summed E-state index contributed by atoms with van der Waals surface area (Å²) >= 11 is 0. The Labute approximate surface area is 120 Å². The van der Waals surface area contributed by atoms with Crippen LogP contribution in [0.25, 0.3) is 5.69 Å². The van der Waals surface area contributed by atoms with E-state index in [4.69, 9.17) is 5.11 Å². The summed E-state index contributed by atoms with van der Waals surface area (Å²) in [5.74, 6) is -0.566. The molecular weight excluding hydrogens is 276 g/mol. The van der Waals surface area contributed by atoms with Gasteiger partial charge in [-0.3, -0.25) is 14.9 Å². The maximum absolute atomic E-state index is 11.3. The fraction of sp³-hybridized carbons (Fsp3) is 0.231. The molecule has 2 rings (SSSR count). The van der Waals surface area contributed by atoms with Crippen LogP contribution in [0.3, 0.4) is 0 Å². The zero-order valence-electron chi connectivity index (χ0n) is 11.5. The number of benzene rings is 1. The number of aliphatic hydroxyl groups excluding tert-OH is 1. The first-order valence-corrected chi connectivity index (χ1v) is 6.16. The minimum absolute atomic E-state index is 0.0804. The van der Waals surface area contributed by atoms with Crippen molar-refractivity contribution in [1.82, 2.24) is 9.78 Å². The molecule has 0 bridgehead atoms. The smallest absolute Gasteiger partial charge is 0.294 e. The molecule has 0 atom stereocenters. The first-order valence-electron chi connectivity index (χ1n) is 6.16. The molecule has 2 aromatic rings. The third-order valence-electron chi connectivity index (χ3n) is 3.01. The lowest BCUT2D eigenvalue weighted by atomic mass is 10.2. The number of nitrogens with one attached hydrogen (secondary N) is 1. The van der Waals surface area contributed by atoms with Gasteiger partial charge in [0.25, 0.3) is 5.69 Å². The number of aliphatic hydroxyl groups is 1. The van der Waals surface area contributed by atoms with Crippen molar-refractivity contribution in [2.24, 2.45) is 0 Å². The second-order valence-corrected chi connectivity index (χ2v) is 4.41. The van der Waals surface area contributed by atoms with Crippen LogP contribution < -0.4 is 5.32 Å². The van der Waals surface area contributed by atoms with Crippen molar-refractivity contribution >= 4 is 17.3 Å². The van der Waals surface area contributed by atoms with Gasteiger partial charge in [0.15, 0.2) is 0 Å². The first-order chi connectivity index (χ1) is 9.95. The molecule has 0 saturated carbocycles. The van der Waals surface area contributed by atoms with Crippen LogP contribution in [0, 0.1) is 24.0 Å². The van der Waals surface area contributed by atoms with Crippen LogP contribution in [0.15, 0.2) is 24.3 Å². The summed E-state index contributed by atoms with van der Waals surface area (Å²) in [6, 6.07) is 6.21. The molecule has 0 spiro atoms. The molecule has 0 fully saturated rings. The maximum Gasteiger partial charge on any atom is 0.294 e. The lowest BCUT2D eigenvalue weighted by Crippen LogP contribution is -2.16. The van der Waals surface area contributed by atoms with E-state index >= 15 is 0 Å². The number of anilines is 1. The summed E-state index contributed by atoms with van der Waals surface area (Å²) in [6.45, 7) is 2.71. The van der Waals surface area contributed by atoms with Gasteiger partial charge in [-0.25, -0.2) is 4.68 Å². The number of hydrogen-bond donors (Lipinski definition) is 2. The van der Waals surface area contributed by atoms with Crippen molar-refractivity contribution in [3.8, 4) is 5.69 Å². The predicted octanol–water partition coefficient (Wildman–Crippen LogP) is 1.33. The highest BCUT2D eigenvalue weighted by Gasteiger charge is 2.20. The van der Waals surface area contributed by atoms with Gasteiger partial charge in [0.2, 0.25) is 5.91 Å². The monoisotopic (exact) mass is 290 g/mol. The largest absolute Gasteiger partial charge is 0.387 e. The highest BCUT2D eigenvalue weighted by Crippen LogP contribution is 2.27. The number of para-hydroxylation sites is 2. The van der Waals surface area contributed by atoms with Crippen molar-refractivity contribution in [2.75, 3.05) is 11.9 Å². The predicted molar refractivity (Wildman–Crippen MR) is 75.4 cm³/mol. The Morgan fingerprint density at radius 3 is 2.71 bits per heavy atom. The Bertz CT molecular complexity index is 708. The molecule has 0 saturated heterocycles. The summed E-state index contributed by atoms with van der Waals surface area (Å²) < 4.78 is 1.40. The molecule has 8 heteroatoms. The molecule has 21 heavy (non-hydrogen) atoms. The molecule has 110 valence electrons. The second-order valence-electron chi connectivity index (χ2n) is 4.41. The Hall–Kier alpha value is -2.74. The maximum atomic E-state index is 11.3. The molecule has 0 radical (unpaired) electrons. The molecule has 8 nitrogen and oxygen atoms in total. The van der Waals surface area contributed by atoms with Crippen LogP contribution in [-0.2, 0) is 4.79 Å². The van der Waals surface area contributed by atoms with Gasteiger partial charge in [0.1, 0.15) is 12.3 Å². The fourth-order valence-electron chi connectivity index (χ4n) is 2.03. The molecule has 0 aliphatic rings. The van der Waals surface area contributed by atoms with Gasteiger partial charge in [-0.2, -0.15) is 5.10 Å². The number of nitro benzene ring substituents is 1. The summed E-state index contributed by atoms with van der Waals surface area (Å²) in [4.78, 5) is 21.9. The van der Waals surface area contributed by atoms with Gasteiger partial charge in [-0.15, -0.1) is 0 Å². The van der Waals surface area contributed by atoms with Gasteiger partial charge < -0.3 is 10.4 Å². The van der Waals surface area contributed by atoms with E-state index in [1.54, 1.807) is 32.0 Å². The lowest BCUT2D eigenvalue weighted by molar-refractivity contribution is -0.384. The van der Waals surface area contributed by atoms with Gasteiger partial charge in [-0.1, -0.05) is 12.1 Å². The topological polar surface area (TPSA) is 110 Å². The van der Waals surface area contributed by atoms with E-state index in [2.05, 4.69) is 10.4 Å². The summed E-state index contributed by atoms with van der Waals surface area (Å²) in [6.07, 6.45) is 0. The van der Waals surface area contributed by atoms with E-state index < -0.39 is 17.4 Å². The molecule has 1 aromatic heterocycles. The number of aromatic nitrogens is 2. The van der Waals surface area contributed by atoms with Crippen molar-refractivity contribution in [3.63, 3.8) is 0 Å². The van der Waals surface area contributed by atoms with Crippen LogP contribution in [0.2, 0.25) is 0 Å². The van der Waals surface area contributed by atoms with Gasteiger partial charge in [0, 0.05) is 6.07 Å². The zero-order valence-corrected chi connectivity index (χ0v) is 11.5. The molecule has 2 N–H and O–H groups in total. The second kappa shape index (κ2) is 5.71. The van der Waals surface area contributed by atoms with Crippen molar-refractivity contribution in [1.29, 1.82) is 0 Å². The Balaban J connectivity index is 2.54. The standard InChI is InChI=1S/C13H14N4O4/c1-8-13(14-12(19)7-18)9(2)16(15-8)10-5-3-4-6-11(10)17(20)21/h3-6,18H,7H2,1-2H3,(H,14,19). The normalized spacial score (nSPS) is 10.4. The first kappa shape index (κ1) is 14.7. The van der Waals surface area contributed by atoms with Crippen molar-refractivity contribution < 1.29 is 14.8 Å². The number of nitrogens with zero attached hydrogens (tertiary/aromatic N) is 3. The van der Waals surface area contributed by atoms with Crippen LogP contribution in [0.5, 0.6) is 0 Å². The van der Waals surface area contributed by atoms with Gasteiger partial charge >= 0.3 is 0 Å². The fourth-order valence-corrected chi connectivity index (χ4v) is 2.03. The van der Waals surface area contributed by atoms with Crippen LogP contribution >= 0.6 is 0 Å². The minimum Gasteiger partial charge on any atom is -0.387 e. The van der Waals surface area contributed by atoms with E-state index in [-0.39, 0.29) is 5.69 Å². The quantitative estimate of drug-likeness (QED) is 0.652. The number of hydrogen-bond acceptors (Lipinski definition) is 5. The Kier molecular flexibility index (Phi) is 3.99. The van der Waals surface area contributed by atoms with Gasteiger partial charge in [-0.05, 0) is 19.9 Å². The van der Waals surface area contributed by atoms with E-state index in [9.17, 15) is 14.9 Å². The van der Waals surface area contributed by atoms with E-state index in [1.807, 2.05) is 0 Å². The van der Waals surface area contributed by atoms with Crippen molar-refractivity contribution in [2.45, 2.75) is 13.8 Å². The van der Waals surface area contributed by atoms with Gasteiger partial charge in [0.05, 0.1) is 22.0 Å². The SMILES string of the molecule is Cc1nn(-c2ccccc2[N+](=O)[O-])c(C)c1NC(=O)CO. The Morgan fingerprint density at radius 2 is 2.10 bits per heavy atom. The molecule has 1 heterocycles.